The van der Waals surface area contributed by atoms with Crippen molar-refractivity contribution in [3.63, 3.8) is 0 Å². The Morgan fingerprint density at radius 2 is 2.25 bits per heavy atom. The van der Waals surface area contributed by atoms with Gasteiger partial charge in [0.2, 0.25) is 0 Å². The summed E-state index contributed by atoms with van der Waals surface area (Å²) in [7, 11) is 0. The first-order chi connectivity index (χ1) is 7.47. The summed E-state index contributed by atoms with van der Waals surface area (Å²) in [5.74, 6) is -2.08. The maximum Gasteiger partial charge on any atom is 0.360 e. The summed E-state index contributed by atoms with van der Waals surface area (Å²) < 4.78 is 42.3. The fraction of sp³-hybridized carbons (Fsp3) is 0.333. The number of aromatic nitrogens is 1. The molecule has 1 aromatic heterocycles. The third-order valence-corrected chi connectivity index (χ3v) is 2.20. The molecular formula is C9H7BrF3NO2. The molecule has 0 amide bonds. The summed E-state index contributed by atoms with van der Waals surface area (Å²) >= 11 is 2.73. The van der Waals surface area contributed by atoms with E-state index in [0.717, 1.165) is 6.07 Å². The Hall–Kier alpha value is -1.11. The molecule has 0 aliphatic rings. The Balaban J connectivity index is 3.21. The van der Waals surface area contributed by atoms with E-state index < -0.39 is 29.6 Å². The molecule has 1 rings (SSSR count). The number of alkyl halides is 2. The van der Waals surface area contributed by atoms with Crippen LogP contribution in [0.4, 0.5) is 13.2 Å². The summed E-state index contributed by atoms with van der Waals surface area (Å²) in [6.45, 7) is 1.53. The molecule has 0 radical (unpaired) electrons. The molecule has 0 spiro atoms. The van der Waals surface area contributed by atoms with Crippen molar-refractivity contribution in [2.45, 2.75) is 13.3 Å². The van der Waals surface area contributed by atoms with Gasteiger partial charge in [0.15, 0.2) is 11.5 Å². The van der Waals surface area contributed by atoms with Crippen LogP contribution in [0.2, 0.25) is 0 Å². The Labute approximate surface area is 97.8 Å². The van der Waals surface area contributed by atoms with Gasteiger partial charge in [-0.2, -0.15) is 0 Å². The minimum atomic E-state index is -2.88. The topological polar surface area (TPSA) is 39.2 Å². The first-order valence-corrected chi connectivity index (χ1v) is 5.07. The minimum Gasteiger partial charge on any atom is -0.461 e. The van der Waals surface area contributed by atoms with Gasteiger partial charge in [0.25, 0.3) is 6.43 Å². The van der Waals surface area contributed by atoms with Gasteiger partial charge < -0.3 is 4.74 Å². The van der Waals surface area contributed by atoms with E-state index in [1.165, 1.54) is 6.92 Å². The predicted molar refractivity (Wildman–Crippen MR) is 52.8 cm³/mol. The van der Waals surface area contributed by atoms with E-state index in [-0.39, 0.29) is 11.1 Å². The molecule has 16 heavy (non-hydrogen) atoms. The normalized spacial score (nSPS) is 10.6. The summed E-state index contributed by atoms with van der Waals surface area (Å²) in [6, 6.07) is 0.822. The van der Waals surface area contributed by atoms with Gasteiger partial charge in [-0.1, -0.05) is 0 Å². The second-order valence-corrected chi connectivity index (χ2v) is 3.57. The molecule has 3 nitrogen and oxygen atoms in total. The minimum absolute atomic E-state index is 0.0104. The van der Waals surface area contributed by atoms with Crippen LogP contribution in [0, 0.1) is 5.82 Å². The van der Waals surface area contributed by atoms with Crippen LogP contribution in [-0.2, 0) is 4.74 Å². The number of hydrogen-bond donors (Lipinski definition) is 0. The summed E-state index contributed by atoms with van der Waals surface area (Å²) in [5, 5.41) is 0. The Bertz CT molecular complexity index is 412. The number of ether oxygens (including phenoxy) is 1. The van der Waals surface area contributed by atoms with E-state index in [9.17, 15) is 18.0 Å². The zero-order valence-corrected chi connectivity index (χ0v) is 9.72. The van der Waals surface area contributed by atoms with Crippen LogP contribution < -0.4 is 0 Å². The van der Waals surface area contributed by atoms with Gasteiger partial charge in [-0.25, -0.2) is 22.9 Å². The van der Waals surface area contributed by atoms with Crippen LogP contribution in [0.1, 0.15) is 29.5 Å². The van der Waals surface area contributed by atoms with Gasteiger partial charge >= 0.3 is 5.97 Å². The molecule has 0 N–H and O–H groups in total. The average molecular weight is 298 g/mol. The van der Waals surface area contributed by atoms with Gasteiger partial charge in [0, 0.05) is 0 Å². The van der Waals surface area contributed by atoms with Gasteiger partial charge in [0.05, 0.1) is 11.1 Å². The van der Waals surface area contributed by atoms with Crippen molar-refractivity contribution in [3.05, 3.63) is 27.7 Å². The molecule has 0 bridgehead atoms. The molecular weight excluding hydrogens is 291 g/mol. The fourth-order valence-electron chi connectivity index (χ4n) is 0.963. The van der Waals surface area contributed by atoms with E-state index in [2.05, 4.69) is 25.7 Å². The van der Waals surface area contributed by atoms with E-state index in [0.29, 0.717) is 0 Å². The summed E-state index contributed by atoms with van der Waals surface area (Å²) in [6.07, 6.45) is -2.88. The zero-order chi connectivity index (χ0) is 12.3. The van der Waals surface area contributed by atoms with Gasteiger partial charge in [-0.05, 0) is 28.9 Å². The Kier molecular flexibility index (Phi) is 4.28. The van der Waals surface area contributed by atoms with Gasteiger partial charge in [-0.15, -0.1) is 0 Å². The van der Waals surface area contributed by atoms with Crippen molar-refractivity contribution >= 4 is 21.9 Å². The lowest BCUT2D eigenvalue weighted by Crippen LogP contribution is -2.12. The SMILES string of the molecule is CCOC(=O)c1nc(C(F)F)cc(Br)c1F. The van der Waals surface area contributed by atoms with Crippen LogP contribution in [0.25, 0.3) is 0 Å². The van der Waals surface area contributed by atoms with Gasteiger partial charge in [0.1, 0.15) is 5.69 Å². The molecule has 0 aliphatic carbocycles. The molecule has 0 saturated heterocycles. The van der Waals surface area contributed by atoms with Crippen LogP contribution in [-0.4, -0.2) is 17.6 Å². The second kappa shape index (κ2) is 5.29. The molecule has 7 heteroatoms. The van der Waals surface area contributed by atoms with Crippen LogP contribution in [0.15, 0.2) is 10.5 Å². The summed E-state index contributed by atoms with van der Waals surface area (Å²) in [5.41, 5.74) is -1.43. The maximum atomic E-state index is 13.4. The van der Waals surface area contributed by atoms with Gasteiger partial charge in [-0.3, -0.25) is 0 Å². The third kappa shape index (κ3) is 2.72. The highest BCUT2D eigenvalue weighted by atomic mass is 79.9. The number of carbonyl (C=O) groups excluding carboxylic acids is 1. The van der Waals surface area contributed by atoms with Crippen molar-refractivity contribution in [2.75, 3.05) is 6.61 Å². The average Bonchev–Trinajstić information content (AvgIpc) is 2.21. The predicted octanol–water partition coefficient (Wildman–Crippen LogP) is 3.10. The number of hydrogen-bond acceptors (Lipinski definition) is 3. The zero-order valence-electron chi connectivity index (χ0n) is 8.14. The monoisotopic (exact) mass is 297 g/mol. The fourth-order valence-corrected chi connectivity index (χ4v) is 1.39. The maximum absolute atomic E-state index is 13.4. The lowest BCUT2D eigenvalue weighted by atomic mass is 10.3. The number of carbonyl (C=O) groups is 1. The number of halogens is 4. The standard InChI is InChI=1S/C9H7BrF3NO2/c1-2-16-9(15)7-6(11)4(10)3-5(14-7)8(12)13/h3,8H,2H2,1H3. The molecule has 0 saturated carbocycles. The largest absolute Gasteiger partial charge is 0.461 e. The number of rotatable bonds is 3. The highest BCUT2D eigenvalue weighted by Gasteiger charge is 2.22. The second-order valence-electron chi connectivity index (χ2n) is 2.71. The first-order valence-electron chi connectivity index (χ1n) is 4.28. The van der Waals surface area contributed by atoms with Crippen LogP contribution >= 0.6 is 15.9 Å². The Morgan fingerprint density at radius 3 is 2.75 bits per heavy atom. The smallest absolute Gasteiger partial charge is 0.360 e. The highest BCUT2D eigenvalue weighted by Crippen LogP contribution is 2.25. The number of pyridine rings is 1. The molecule has 0 fully saturated rings. The van der Waals surface area contributed by atoms with Crippen molar-refractivity contribution in [3.8, 4) is 0 Å². The molecule has 1 aromatic rings. The van der Waals surface area contributed by atoms with E-state index in [1.54, 1.807) is 0 Å². The molecule has 0 atom stereocenters. The first kappa shape index (κ1) is 13.0. The van der Waals surface area contributed by atoms with E-state index >= 15 is 0 Å². The quantitative estimate of drug-likeness (QED) is 0.805. The number of esters is 1. The highest BCUT2D eigenvalue weighted by molar-refractivity contribution is 9.10. The lowest BCUT2D eigenvalue weighted by Gasteiger charge is -2.06. The molecule has 88 valence electrons. The Morgan fingerprint density at radius 1 is 1.62 bits per heavy atom. The van der Waals surface area contributed by atoms with Crippen LogP contribution in [0.3, 0.4) is 0 Å². The van der Waals surface area contributed by atoms with E-state index in [1.807, 2.05) is 0 Å². The summed E-state index contributed by atoms with van der Waals surface area (Å²) in [4.78, 5) is 14.4. The molecule has 1 heterocycles. The molecule has 0 aromatic carbocycles. The third-order valence-electron chi connectivity index (χ3n) is 1.63. The molecule has 0 aliphatic heterocycles. The molecule has 0 unspecified atom stereocenters. The van der Waals surface area contributed by atoms with Crippen molar-refractivity contribution < 1.29 is 22.7 Å². The van der Waals surface area contributed by atoms with Crippen molar-refractivity contribution in [2.24, 2.45) is 0 Å². The van der Waals surface area contributed by atoms with Crippen molar-refractivity contribution in [1.82, 2.24) is 4.98 Å². The number of nitrogens with zero attached hydrogens (tertiary/aromatic N) is 1. The van der Waals surface area contributed by atoms with Crippen LogP contribution in [0.5, 0.6) is 0 Å². The van der Waals surface area contributed by atoms with E-state index in [4.69, 9.17) is 0 Å². The van der Waals surface area contributed by atoms with Crippen molar-refractivity contribution in [1.29, 1.82) is 0 Å². The lowest BCUT2D eigenvalue weighted by molar-refractivity contribution is 0.0511.